The smallest absolute Gasteiger partial charge is 0.131 e. The van der Waals surface area contributed by atoms with E-state index in [2.05, 4.69) is 41.2 Å². The Kier molecular flexibility index (Phi) is 3.38. The molecule has 2 rings (SSSR count). The zero-order valence-electron chi connectivity index (χ0n) is 10.3. The van der Waals surface area contributed by atoms with Crippen LogP contribution in [0.3, 0.4) is 0 Å². The summed E-state index contributed by atoms with van der Waals surface area (Å²) in [5, 5.41) is 0. The Bertz CT molecular complexity index is 483. The average molecular weight is 227 g/mol. The molecule has 0 radical (unpaired) electrons. The maximum Gasteiger partial charge on any atom is 0.131 e. The zero-order valence-corrected chi connectivity index (χ0v) is 10.3. The fourth-order valence-corrected chi connectivity index (χ4v) is 1.78. The Labute approximate surface area is 102 Å². The number of rotatable bonds is 3. The molecule has 17 heavy (non-hydrogen) atoms. The van der Waals surface area contributed by atoms with E-state index in [1.807, 2.05) is 6.92 Å². The summed E-state index contributed by atoms with van der Waals surface area (Å²) in [6.45, 7) is 4.03. The number of nitrogen functional groups attached to an aromatic ring is 1. The molecule has 1 heterocycles. The monoisotopic (exact) mass is 227 g/mol. The van der Waals surface area contributed by atoms with Gasteiger partial charge >= 0.3 is 0 Å². The van der Waals surface area contributed by atoms with Crippen LogP contribution in [-0.4, -0.2) is 9.97 Å². The SMILES string of the molecule is Cc1ccc(CCc2nc(C)cc(N)n2)cc1. The van der Waals surface area contributed by atoms with Crippen LogP contribution in [-0.2, 0) is 12.8 Å². The summed E-state index contributed by atoms with van der Waals surface area (Å²) in [6.07, 6.45) is 1.78. The summed E-state index contributed by atoms with van der Waals surface area (Å²) < 4.78 is 0. The van der Waals surface area contributed by atoms with E-state index in [0.717, 1.165) is 24.4 Å². The number of anilines is 1. The molecule has 0 aliphatic carbocycles. The van der Waals surface area contributed by atoms with Crippen LogP contribution in [0.5, 0.6) is 0 Å². The number of benzene rings is 1. The van der Waals surface area contributed by atoms with Gasteiger partial charge in [-0.15, -0.1) is 0 Å². The lowest BCUT2D eigenvalue weighted by Gasteiger charge is -2.03. The number of nitrogens with two attached hydrogens (primary N) is 1. The van der Waals surface area contributed by atoms with Crippen LogP contribution in [0.1, 0.15) is 22.6 Å². The highest BCUT2D eigenvalue weighted by molar-refractivity contribution is 5.29. The fourth-order valence-electron chi connectivity index (χ4n) is 1.78. The Hall–Kier alpha value is -1.90. The van der Waals surface area contributed by atoms with Crippen LogP contribution in [0.15, 0.2) is 30.3 Å². The molecule has 0 unspecified atom stereocenters. The second-order valence-electron chi connectivity index (χ2n) is 4.34. The highest BCUT2D eigenvalue weighted by Gasteiger charge is 2.01. The van der Waals surface area contributed by atoms with E-state index in [9.17, 15) is 0 Å². The van der Waals surface area contributed by atoms with Gasteiger partial charge in [-0.2, -0.15) is 0 Å². The van der Waals surface area contributed by atoms with Crippen molar-refractivity contribution in [2.75, 3.05) is 5.73 Å². The highest BCUT2D eigenvalue weighted by atomic mass is 14.9. The molecule has 0 aliphatic rings. The number of hydrogen-bond donors (Lipinski definition) is 1. The van der Waals surface area contributed by atoms with Crippen molar-refractivity contribution in [2.24, 2.45) is 0 Å². The average Bonchev–Trinajstić information content (AvgIpc) is 2.27. The minimum atomic E-state index is 0.552. The summed E-state index contributed by atoms with van der Waals surface area (Å²) in [5.41, 5.74) is 9.21. The van der Waals surface area contributed by atoms with Gasteiger partial charge in [-0.25, -0.2) is 9.97 Å². The van der Waals surface area contributed by atoms with Gasteiger partial charge in [0.2, 0.25) is 0 Å². The van der Waals surface area contributed by atoms with Gasteiger partial charge < -0.3 is 5.73 Å². The molecule has 0 bridgehead atoms. The van der Waals surface area contributed by atoms with Crippen LogP contribution in [0.25, 0.3) is 0 Å². The normalized spacial score (nSPS) is 10.5. The van der Waals surface area contributed by atoms with E-state index in [1.165, 1.54) is 11.1 Å². The van der Waals surface area contributed by atoms with E-state index in [1.54, 1.807) is 6.07 Å². The first kappa shape index (κ1) is 11.6. The van der Waals surface area contributed by atoms with Crippen LogP contribution >= 0.6 is 0 Å². The summed E-state index contributed by atoms with van der Waals surface area (Å²) in [4.78, 5) is 8.61. The van der Waals surface area contributed by atoms with Crippen LogP contribution < -0.4 is 5.73 Å². The Morgan fingerprint density at radius 3 is 2.35 bits per heavy atom. The van der Waals surface area contributed by atoms with Gasteiger partial charge in [-0.05, 0) is 25.8 Å². The van der Waals surface area contributed by atoms with Crippen LogP contribution in [0, 0.1) is 13.8 Å². The van der Waals surface area contributed by atoms with Gasteiger partial charge in [0, 0.05) is 18.2 Å². The highest BCUT2D eigenvalue weighted by Crippen LogP contribution is 2.08. The standard InChI is InChI=1S/C14H17N3/c1-10-3-5-12(6-4-10)7-8-14-16-11(2)9-13(15)17-14/h3-6,9H,7-8H2,1-2H3,(H2,15,16,17). The van der Waals surface area contributed by atoms with Crippen molar-refractivity contribution in [1.29, 1.82) is 0 Å². The molecule has 1 aromatic carbocycles. The Balaban J connectivity index is 2.04. The van der Waals surface area contributed by atoms with Gasteiger partial charge in [0.25, 0.3) is 0 Å². The van der Waals surface area contributed by atoms with Gasteiger partial charge in [0.15, 0.2) is 0 Å². The van der Waals surface area contributed by atoms with Crippen LogP contribution in [0.4, 0.5) is 5.82 Å². The van der Waals surface area contributed by atoms with E-state index < -0.39 is 0 Å². The summed E-state index contributed by atoms with van der Waals surface area (Å²) in [5.74, 6) is 1.37. The van der Waals surface area contributed by atoms with Gasteiger partial charge in [-0.1, -0.05) is 29.8 Å². The number of hydrogen-bond acceptors (Lipinski definition) is 3. The van der Waals surface area contributed by atoms with Crippen molar-refractivity contribution in [1.82, 2.24) is 9.97 Å². The predicted octanol–water partition coefficient (Wildman–Crippen LogP) is 2.46. The van der Waals surface area contributed by atoms with Crippen molar-refractivity contribution in [3.05, 3.63) is 53.0 Å². The second kappa shape index (κ2) is 4.95. The largest absolute Gasteiger partial charge is 0.384 e. The quantitative estimate of drug-likeness (QED) is 0.876. The number of aryl methyl sites for hydroxylation is 4. The first-order chi connectivity index (χ1) is 8.13. The zero-order chi connectivity index (χ0) is 12.3. The molecule has 1 aromatic heterocycles. The molecular formula is C14H17N3. The van der Waals surface area contributed by atoms with Crippen molar-refractivity contribution < 1.29 is 0 Å². The lowest BCUT2D eigenvalue weighted by Crippen LogP contribution is -2.03. The van der Waals surface area contributed by atoms with E-state index in [4.69, 9.17) is 5.73 Å². The lowest BCUT2D eigenvalue weighted by atomic mass is 10.1. The summed E-state index contributed by atoms with van der Waals surface area (Å²) in [7, 11) is 0. The molecule has 0 saturated heterocycles. The van der Waals surface area contributed by atoms with Crippen molar-refractivity contribution in [3.63, 3.8) is 0 Å². The maximum absolute atomic E-state index is 5.70. The molecule has 3 nitrogen and oxygen atoms in total. The van der Waals surface area contributed by atoms with Crippen molar-refractivity contribution >= 4 is 5.82 Å². The molecule has 0 spiro atoms. The van der Waals surface area contributed by atoms with E-state index >= 15 is 0 Å². The van der Waals surface area contributed by atoms with Gasteiger partial charge in [0.05, 0.1) is 0 Å². The van der Waals surface area contributed by atoms with E-state index in [-0.39, 0.29) is 0 Å². The minimum Gasteiger partial charge on any atom is -0.384 e. The molecule has 0 aliphatic heterocycles. The topological polar surface area (TPSA) is 51.8 Å². The fraction of sp³-hybridized carbons (Fsp3) is 0.286. The predicted molar refractivity (Wildman–Crippen MR) is 69.8 cm³/mol. The van der Waals surface area contributed by atoms with Gasteiger partial charge in [0.1, 0.15) is 11.6 Å². The molecule has 0 fully saturated rings. The Morgan fingerprint density at radius 2 is 1.71 bits per heavy atom. The van der Waals surface area contributed by atoms with E-state index in [0.29, 0.717) is 5.82 Å². The molecule has 2 aromatic rings. The minimum absolute atomic E-state index is 0.552. The first-order valence-electron chi connectivity index (χ1n) is 5.79. The van der Waals surface area contributed by atoms with Crippen molar-refractivity contribution in [2.45, 2.75) is 26.7 Å². The third-order valence-corrected chi connectivity index (χ3v) is 2.68. The molecule has 0 saturated carbocycles. The molecule has 3 heteroatoms. The Morgan fingerprint density at radius 1 is 1.00 bits per heavy atom. The third-order valence-electron chi connectivity index (χ3n) is 2.68. The molecule has 0 atom stereocenters. The van der Waals surface area contributed by atoms with Crippen molar-refractivity contribution in [3.8, 4) is 0 Å². The molecular weight excluding hydrogens is 210 g/mol. The lowest BCUT2D eigenvalue weighted by molar-refractivity contribution is 0.850. The summed E-state index contributed by atoms with van der Waals surface area (Å²) >= 11 is 0. The number of nitrogens with zero attached hydrogens (tertiary/aromatic N) is 2. The van der Waals surface area contributed by atoms with Gasteiger partial charge in [-0.3, -0.25) is 0 Å². The maximum atomic E-state index is 5.70. The number of aromatic nitrogens is 2. The van der Waals surface area contributed by atoms with Crippen LogP contribution in [0.2, 0.25) is 0 Å². The third kappa shape index (κ3) is 3.28. The summed E-state index contributed by atoms with van der Waals surface area (Å²) in [6, 6.07) is 10.3. The molecule has 88 valence electrons. The first-order valence-corrected chi connectivity index (χ1v) is 5.79. The molecule has 0 amide bonds. The molecule has 2 N–H and O–H groups in total. The second-order valence-corrected chi connectivity index (χ2v) is 4.34.